The van der Waals surface area contributed by atoms with E-state index in [-0.39, 0.29) is 18.3 Å². The normalized spacial score (nSPS) is 10.6. The van der Waals surface area contributed by atoms with Crippen LogP contribution in [0.15, 0.2) is 42.6 Å². The quantitative estimate of drug-likeness (QED) is 0.696. The Morgan fingerprint density at radius 3 is 2.62 bits per heavy atom. The van der Waals surface area contributed by atoms with Crippen LogP contribution in [0.4, 0.5) is 5.82 Å². The minimum Gasteiger partial charge on any atom is -0.468 e. The molecule has 0 radical (unpaired) electrons. The number of ether oxygens (including phenoxy) is 1. The molecule has 26 heavy (non-hydrogen) atoms. The van der Waals surface area contributed by atoms with Crippen molar-refractivity contribution in [1.82, 2.24) is 14.8 Å². The summed E-state index contributed by atoms with van der Waals surface area (Å²) >= 11 is 12.1. The average molecular weight is 391 g/mol. The third kappa shape index (κ3) is 4.33. The van der Waals surface area contributed by atoms with Crippen LogP contribution in [0, 0.1) is 13.8 Å². The van der Waals surface area contributed by atoms with Gasteiger partial charge in [0.2, 0.25) is 0 Å². The van der Waals surface area contributed by atoms with Gasteiger partial charge in [0.25, 0.3) is 5.91 Å². The predicted molar refractivity (Wildman–Crippen MR) is 101 cm³/mol. The van der Waals surface area contributed by atoms with Crippen LogP contribution in [-0.4, -0.2) is 20.7 Å². The second kappa shape index (κ2) is 7.76. The lowest BCUT2D eigenvalue weighted by atomic mass is 10.2. The Hall–Kier alpha value is -2.57. The van der Waals surface area contributed by atoms with Gasteiger partial charge in [0.15, 0.2) is 18.2 Å². The number of nitrogens with zero attached hydrogens (tertiary/aromatic N) is 3. The molecule has 2 heterocycles. The van der Waals surface area contributed by atoms with Gasteiger partial charge in [-0.15, -0.1) is 0 Å². The number of carbonyl (C=O) groups excluding carboxylic acids is 1. The van der Waals surface area contributed by atoms with Crippen molar-refractivity contribution >= 4 is 34.9 Å². The summed E-state index contributed by atoms with van der Waals surface area (Å²) in [5.41, 5.74) is 2.10. The molecular formula is C18H16Cl2N4O2. The number of aromatic nitrogens is 3. The van der Waals surface area contributed by atoms with Gasteiger partial charge in [0.1, 0.15) is 5.82 Å². The number of hydrogen-bond acceptors (Lipinski definition) is 4. The first-order valence-corrected chi connectivity index (χ1v) is 8.55. The fraction of sp³-hybridized carbons (Fsp3) is 0.167. The Morgan fingerprint density at radius 1 is 1.19 bits per heavy atom. The molecule has 134 valence electrons. The molecule has 1 aromatic carbocycles. The lowest BCUT2D eigenvalue weighted by Gasteiger charge is -2.09. The Labute approximate surface area is 160 Å². The number of amides is 1. The molecule has 2 aromatic heterocycles. The fourth-order valence-corrected chi connectivity index (χ4v) is 2.90. The molecule has 3 rings (SSSR count). The molecule has 6 nitrogen and oxygen atoms in total. The second-order valence-electron chi connectivity index (χ2n) is 5.69. The first kappa shape index (κ1) is 18.2. The molecule has 0 aliphatic heterocycles. The number of halogens is 2. The summed E-state index contributed by atoms with van der Waals surface area (Å²) in [5, 5.41) is 7.74. The van der Waals surface area contributed by atoms with Crippen LogP contribution in [0.3, 0.4) is 0 Å². The highest BCUT2D eigenvalue weighted by molar-refractivity contribution is 6.37. The van der Waals surface area contributed by atoms with Crippen molar-refractivity contribution in [1.29, 1.82) is 0 Å². The van der Waals surface area contributed by atoms with Gasteiger partial charge in [0.05, 0.1) is 10.0 Å². The van der Waals surface area contributed by atoms with E-state index in [1.807, 2.05) is 19.9 Å². The smallest absolute Gasteiger partial charge is 0.277 e. The third-order valence-electron chi connectivity index (χ3n) is 3.47. The predicted octanol–water partition coefficient (Wildman–Crippen LogP) is 4.49. The van der Waals surface area contributed by atoms with Crippen LogP contribution < -0.4 is 10.1 Å². The summed E-state index contributed by atoms with van der Waals surface area (Å²) in [6.07, 6.45) is 1.63. The minimum absolute atomic E-state index is 0.0680. The maximum absolute atomic E-state index is 12.3. The highest BCUT2D eigenvalue weighted by Crippen LogP contribution is 2.32. The number of carbonyl (C=O) groups is 1. The molecule has 0 bridgehead atoms. The Balaban J connectivity index is 1.66. The highest BCUT2D eigenvalue weighted by atomic mass is 35.5. The monoisotopic (exact) mass is 390 g/mol. The van der Waals surface area contributed by atoms with E-state index < -0.39 is 0 Å². The van der Waals surface area contributed by atoms with Crippen molar-refractivity contribution in [2.24, 2.45) is 0 Å². The van der Waals surface area contributed by atoms with Gasteiger partial charge in [-0.3, -0.25) is 4.79 Å². The summed E-state index contributed by atoms with van der Waals surface area (Å²) in [4.78, 5) is 16.6. The molecule has 1 amide bonds. The zero-order chi connectivity index (χ0) is 18.7. The van der Waals surface area contributed by atoms with Crippen LogP contribution in [0.25, 0.3) is 0 Å². The van der Waals surface area contributed by atoms with Crippen LogP contribution >= 0.6 is 23.2 Å². The molecule has 8 heteroatoms. The average Bonchev–Trinajstić information content (AvgIpc) is 3.02. The van der Waals surface area contributed by atoms with E-state index in [1.165, 1.54) is 4.68 Å². The van der Waals surface area contributed by atoms with Gasteiger partial charge >= 0.3 is 0 Å². The first-order chi connectivity index (χ1) is 12.4. The third-order valence-corrected chi connectivity index (χ3v) is 4.07. The molecule has 0 spiro atoms. The second-order valence-corrected chi connectivity index (χ2v) is 6.50. The lowest BCUT2D eigenvalue weighted by Crippen LogP contribution is -2.15. The largest absolute Gasteiger partial charge is 0.468 e. The number of nitrogens with one attached hydrogen (secondary N) is 1. The lowest BCUT2D eigenvalue weighted by molar-refractivity contribution is 0.102. The van der Waals surface area contributed by atoms with E-state index >= 15 is 0 Å². The van der Waals surface area contributed by atoms with Gasteiger partial charge in [-0.1, -0.05) is 29.3 Å². The molecular weight excluding hydrogens is 375 g/mol. The van der Waals surface area contributed by atoms with E-state index in [2.05, 4.69) is 15.4 Å². The van der Waals surface area contributed by atoms with Crippen LogP contribution in [0.1, 0.15) is 21.7 Å². The van der Waals surface area contributed by atoms with E-state index in [0.717, 1.165) is 11.3 Å². The van der Waals surface area contributed by atoms with Crippen LogP contribution in [0.5, 0.6) is 5.75 Å². The molecule has 0 atom stereocenters. The van der Waals surface area contributed by atoms with Gasteiger partial charge in [-0.2, -0.15) is 5.10 Å². The van der Waals surface area contributed by atoms with E-state index in [1.54, 1.807) is 36.5 Å². The summed E-state index contributed by atoms with van der Waals surface area (Å²) in [6.45, 7) is 3.88. The van der Waals surface area contributed by atoms with E-state index in [4.69, 9.17) is 27.9 Å². The van der Waals surface area contributed by atoms with Gasteiger partial charge < -0.3 is 10.1 Å². The molecule has 1 N–H and O–H groups in total. The zero-order valence-corrected chi connectivity index (χ0v) is 15.7. The number of benzene rings is 1. The van der Waals surface area contributed by atoms with Crippen molar-refractivity contribution in [3.8, 4) is 5.75 Å². The molecule has 3 aromatic rings. The first-order valence-electron chi connectivity index (χ1n) is 7.79. The van der Waals surface area contributed by atoms with Gasteiger partial charge in [-0.05, 0) is 49.7 Å². The van der Waals surface area contributed by atoms with Crippen molar-refractivity contribution in [3.05, 3.63) is 69.6 Å². The van der Waals surface area contributed by atoms with Gasteiger partial charge in [0, 0.05) is 11.9 Å². The molecule has 0 fully saturated rings. The van der Waals surface area contributed by atoms with Crippen LogP contribution in [-0.2, 0) is 6.73 Å². The molecule has 0 aliphatic rings. The summed E-state index contributed by atoms with van der Waals surface area (Å²) < 4.78 is 7.06. The van der Waals surface area contributed by atoms with Crippen molar-refractivity contribution in [3.63, 3.8) is 0 Å². The highest BCUT2D eigenvalue weighted by Gasteiger charge is 2.12. The van der Waals surface area contributed by atoms with Crippen molar-refractivity contribution in [2.45, 2.75) is 20.6 Å². The summed E-state index contributed by atoms with van der Waals surface area (Å²) in [5.74, 6) is 0.509. The summed E-state index contributed by atoms with van der Waals surface area (Å²) in [7, 11) is 0. The zero-order valence-electron chi connectivity index (χ0n) is 14.2. The summed E-state index contributed by atoms with van der Waals surface area (Å²) in [6, 6.07) is 10.4. The maximum Gasteiger partial charge on any atom is 0.277 e. The molecule has 0 aliphatic carbocycles. The Bertz CT molecular complexity index is 916. The molecule has 0 saturated heterocycles. The topological polar surface area (TPSA) is 69.0 Å². The standard InChI is InChI=1S/C18H16Cl2N4O2/c1-11-8-12(2)21-16(9-11)22-18(25)15-6-7-24(23-15)10-26-17-13(19)4-3-5-14(17)20/h3-9H,10H2,1-2H3,(H,21,22,25). The number of rotatable bonds is 5. The maximum atomic E-state index is 12.3. The minimum atomic E-state index is -0.350. The Morgan fingerprint density at radius 2 is 1.92 bits per heavy atom. The fourth-order valence-electron chi connectivity index (χ4n) is 2.39. The molecule has 0 saturated carbocycles. The molecule has 0 unspecified atom stereocenters. The number of hydrogen-bond donors (Lipinski definition) is 1. The SMILES string of the molecule is Cc1cc(C)nc(NC(=O)c2ccn(COc3c(Cl)cccc3Cl)n2)c1. The van der Waals surface area contributed by atoms with Crippen molar-refractivity contribution < 1.29 is 9.53 Å². The van der Waals surface area contributed by atoms with E-state index in [0.29, 0.717) is 21.6 Å². The number of anilines is 1. The number of aryl methyl sites for hydroxylation is 2. The van der Waals surface area contributed by atoms with Gasteiger partial charge in [-0.25, -0.2) is 9.67 Å². The van der Waals surface area contributed by atoms with Crippen molar-refractivity contribution in [2.75, 3.05) is 5.32 Å². The van der Waals surface area contributed by atoms with E-state index in [9.17, 15) is 4.79 Å². The number of para-hydroxylation sites is 1. The number of pyridine rings is 1. The Kier molecular flexibility index (Phi) is 5.44. The van der Waals surface area contributed by atoms with Crippen LogP contribution in [0.2, 0.25) is 10.0 Å².